The minimum Gasteiger partial charge on any atom is -0.457 e. The molecular weight excluding hydrogens is 360 g/mol. The lowest BCUT2D eigenvalue weighted by Crippen LogP contribution is -2.37. The van der Waals surface area contributed by atoms with Crippen LogP contribution >= 0.6 is 0 Å². The fourth-order valence-electron chi connectivity index (χ4n) is 3.89. The first kappa shape index (κ1) is 23.1. The average Bonchev–Trinajstić information content (AvgIpc) is 2.74. The van der Waals surface area contributed by atoms with Crippen molar-refractivity contribution < 1.29 is 19.1 Å². The van der Waals surface area contributed by atoms with Gasteiger partial charge in [0.1, 0.15) is 0 Å². The predicted octanol–water partition coefficient (Wildman–Crippen LogP) is 0.194. The Bertz CT molecular complexity index is 419. The maximum absolute atomic E-state index is 11.9. The lowest BCUT2D eigenvalue weighted by atomic mass is 9.97. The molecule has 0 spiro atoms. The quantitative estimate of drug-likeness (QED) is 0.396. The monoisotopic (exact) mass is 398 g/mol. The molecule has 4 N–H and O–H groups in total. The molecule has 2 heterocycles. The van der Waals surface area contributed by atoms with Gasteiger partial charge in [0.25, 0.3) is 0 Å². The summed E-state index contributed by atoms with van der Waals surface area (Å²) in [7, 11) is 0. The summed E-state index contributed by atoms with van der Waals surface area (Å²) in [4.78, 5) is 28.6. The maximum atomic E-state index is 11.9. The summed E-state index contributed by atoms with van der Waals surface area (Å²) in [6, 6.07) is 0. The van der Waals surface area contributed by atoms with Gasteiger partial charge in [-0.25, -0.2) is 9.59 Å². The van der Waals surface area contributed by atoms with E-state index < -0.39 is 11.9 Å². The number of hydrogen-bond acceptors (Lipinski definition) is 8. The van der Waals surface area contributed by atoms with E-state index in [4.69, 9.17) is 20.9 Å². The minimum absolute atomic E-state index is 0.304. The normalized spacial score (nSPS) is 20.2. The molecular formula is C20H38N4O4. The van der Waals surface area contributed by atoms with Crippen LogP contribution in [0.1, 0.15) is 38.5 Å². The molecule has 2 saturated heterocycles. The van der Waals surface area contributed by atoms with Crippen molar-refractivity contribution in [3.8, 4) is 0 Å². The highest BCUT2D eigenvalue weighted by Crippen LogP contribution is 2.19. The van der Waals surface area contributed by atoms with Crippen molar-refractivity contribution in [2.75, 3.05) is 65.6 Å². The molecule has 0 bridgehead atoms. The van der Waals surface area contributed by atoms with Crippen LogP contribution in [-0.2, 0) is 19.1 Å². The lowest BCUT2D eigenvalue weighted by Gasteiger charge is -2.31. The van der Waals surface area contributed by atoms with E-state index >= 15 is 0 Å². The van der Waals surface area contributed by atoms with E-state index in [2.05, 4.69) is 9.80 Å². The Balaban J connectivity index is 1.54. The Labute approximate surface area is 168 Å². The van der Waals surface area contributed by atoms with E-state index in [1.165, 1.54) is 0 Å². The first-order valence-electron chi connectivity index (χ1n) is 10.8. The summed E-state index contributed by atoms with van der Waals surface area (Å²) < 4.78 is 10.4. The van der Waals surface area contributed by atoms with E-state index in [9.17, 15) is 9.59 Å². The number of rotatable bonds is 10. The molecule has 0 atom stereocenters. The Hall–Kier alpha value is -1.22. The van der Waals surface area contributed by atoms with Gasteiger partial charge in [-0.3, -0.25) is 0 Å². The molecule has 2 rings (SSSR count). The van der Waals surface area contributed by atoms with E-state index in [-0.39, 0.29) is 0 Å². The SMILES string of the molecule is NCCCN1CCC(COC(=O)C(=O)OCC2CCN(CCCN)CC2)CC1. The van der Waals surface area contributed by atoms with Crippen LogP contribution in [0.2, 0.25) is 0 Å². The van der Waals surface area contributed by atoms with Gasteiger partial charge in [-0.1, -0.05) is 0 Å². The number of carbonyl (C=O) groups is 2. The number of piperidine rings is 2. The van der Waals surface area contributed by atoms with Gasteiger partial charge in [0, 0.05) is 0 Å². The van der Waals surface area contributed by atoms with Crippen molar-refractivity contribution in [3.63, 3.8) is 0 Å². The Morgan fingerprint density at radius 2 is 1.07 bits per heavy atom. The first-order chi connectivity index (χ1) is 13.6. The largest absolute Gasteiger partial charge is 0.457 e. The Morgan fingerprint density at radius 1 is 0.714 bits per heavy atom. The molecule has 0 saturated carbocycles. The van der Waals surface area contributed by atoms with Crippen LogP contribution in [0.4, 0.5) is 0 Å². The first-order valence-corrected chi connectivity index (χ1v) is 10.8. The standard InChI is InChI=1S/C20H38N4O4/c21-7-1-9-23-11-3-17(4-12-23)15-27-19(25)20(26)28-16-18-5-13-24(14-6-18)10-2-8-22/h17-18H,1-16,21-22H2. The number of carbonyl (C=O) groups excluding carboxylic acids is 2. The third-order valence-corrected chi connectivity index (χ3v) is 5.84. The number of nitrogens with zero attached hydrogens (tertiary/aromatic N) is 2. The van der Waals surface area contributed by atoms with E-state index in [0.717, 1.165) is 77.8 Å². The molecule has 0 aliphatic carbocycles. The molecule has 0 aromatic heterocycles. The van der Waals surface area contributed by atoms with Gasteiger partial charge in [-0.05, 0) is 103 Å². The highest BCUT2D eigenvalue weighted by Gasteiger charge is 2.25. The molecule has 2 aliphatic heterocycles. The van der Waals surface area contributed by atoms with Crippen molar-refractivity contribution in [2.45, 2.75) is 38.5 Å². The highest BCUT2D eigenvalue weighted by atomic mass is 16.6. The molecule has 0 aromatic rings. The summed E-state index contributed by atoms with van der Waals surface area (Å²) in [5.74, 6) is -1.07. The van der Waals surface area contributed by atoms with Crippen molar-refractivity contribution in [1.29, 1.82) is 0 Å². The molecule has 8 nitrogen and oxygen atoms in total. The molecule has 0 amide bonds. The van der Waals surface area contributed by atoms with Crippen LogP contribution in [0.5, 0.6) is 0 Å². The molecule has 0 radical (unpaired) electrons. The van der Waals surface area contributed by atoms with Crippen molar-refractivity contribution >= 4 is 11.9 Å². The van der Waals surface area contributed by atoms with Gasteiger partial charge < -0.3 is 30.7 Å². The third-order valence-electron chi connectivity index (χ3n) is 5.84. The van der Waals surface area contributed by atoms with Crippen LogP contribution in [-0.4, -0.2) is 87.3 Å². The second-order valence-corrected chi connectivity index (χ2v) is 8.05. The second kappa shape index (κ2) is 13.1. The van der Waals surface area contributed by atoms with Crippen LogP contribution in [0.15, 0.2) is 0 Å². The maximum Gasteiger partial charge on any atom is 0.417 e. The smallest absolute Gasteiger partial charge is 0.417 e. The van der Waals surface area contributed by atoms with Crippen molar-refractivity contribution in [1.82, 2.24) is 9.80 Å². The van der Waals surface area contributed by atoms with Gasteiger partial charge in [-0.2, -0.15) is 0 Å². The summed E-state index contributed by atoms with van der Waals surface area (Å²) in [6.07, 6.45) is 5.95. The van der Waals surface area contributed by atoms with Gasteiger partial charge in [0.15, 0.2) is 0 Å². The summed E-state index contributed by atoms with van der Waals surface area (Å²) >= 11 is 0. The molecule has 162 valence electrons. The zero-order chi connectivity index (χ0) is 20.2. The fraction of sp³-hybridized carbons (Fsp3) is 0.900. The summed E-state index contributed by atoms with van der Waals surface area (Å²) in [6.45, 7) is 8.08. The fourth-order valence-corrected chi connectivity index (χ4v) is 3.89. The topological polar surface area (TPSA) is 111 Å². The number of ether oxygens (including phenoxy) is 2. The number of nitrogens with two attached hydrogens (primary N) is 2. The average molecular weight is 399 g/mol. The molecule has 0 unspecified atom stereocenters. The molecule has 2 aliphatic rings. The molecule has 2 fully saturated rings. The van der Waals surface area contributed by atoms with Gasteiger partial charge in [-0.15, -0.1) is 0 Å². The van der Waals surface area contributed by atoms with Crippen LogP contribution in [0.3, 0.4) is 0 Å². The van der Waals surface area contributed by atoms with Gasteiger partial charge in [0.05, 0.1) is 13.2 Å². The van der Waals surface area contributed by atoms with Crippen LogP contribution < -0.4 is 11.5 Å². The molecule has 28 heavy (non-hydrogen) atoms. The van der Waals surface area contributed by atoms with E-state index in [1.54, 1.807) is 0 Å². The van der Waals surface area contributed by atoms with Crippen molar-refractivity contribution in [2.24, 2.45) is 23.3 Å². The van der Waals surface area contributed by atoms with Crippen LogP contribution in [0, 0.1) is 11.8 Å². The van der Waals surface area contributed by atoms with Gasteiger partial charge in [0.2, 0.25) is 0 Å². The van der Waals surface area contributed by atoms with E-state index in [1.807, 2.05) is 0 Å². The van der Waals surface area contributed by atoms with Crippen LogP contribution in [0.25, 0.3) is 0 Å². The molecule has 8 heteroatoms. The number of likely N-dealkylation sites (tertiary alicyclic amines) is 2. The predicted molar refractivity (Wildman–Crippen MR) is 108 cm³/mol. The Morgan fingerprint density at radius 3 is 1.39 bits per heavy atom. The lowest BCUT2D eigenvalue weighted by molar-refractivity contribution is -0.169. The number of hydrogen-bond donors (Lipinski definition) is 2. The van der Waals surface area contributed by atoms with E-state index in [0.29, 0.717) is 38.1 Å². The zero-order valence-corrected chi connectivity index (χ0v) is 17.2. The summed E-state index contributed by atoms with van der Waals surface area (Å²) in [5, 5.41) is 0. The van der Waals surface area contributed by atoms with Gasteiger partial charge >= 0.3 is 11.9 Å². The molecule has 0 aromatic carbocycles. The second-order valence-electron chi connectivity index (χ2n) is 8.05. The Kier molecular flexibility index (Phi) is 10.8. The zero-order valence-electron chi connectivity index (χ0n) is 17.2. The third kappa shape index (κ3) is 8.43. The van der Waals surface area contributed by atoms with Crippen molar-refractivity contribution in [3.05, 3.63) is 0 Å². The summed E-state index contributed by atoms with van der Waals surface area (Å²) in [5.41, 5.74) is 11.1. The minimum atomic E-state index is -0.856. The number of esters is 2. The highest BCUT2D eigenvalue weighted by molar-refractivity contribution is 6.29.